The highest BCUT2D eigenvalue weighted by Gasteiger charge is 2.15. The topological polar surface area (TPSA) is 65.1 Å². The van der Waals surface area contributed by atoms with Crippen molar-refractivity contribution in [3.05, 3.63) is 51.7 Å². The maximum atomic E-state index is 12.4. The van der Waals surface area contributed by atoms with Gasteiger partial charge < -0.3 is 19.1 Å². The Kier molecular flexibility index (Phi) is 8.07. The minimum atomic E-state index is -0.540. The second-order valence-corrected chi connectivity index (χ2v) is 7.31. The lowest BCUT2D eigenvalue weighted by Gasteiger charge is -2.21. The highest BCUT2D eigenvalue weighted by Crippen LogP contribution is 2.28. The van der Waals surface area contributed by atoms with Crippen molar-refractivity contribution in [2.24, 2.45) is 0 Å². The van der Waals surface area contributed by atoms with Crippen molar-refractivity contribution < 1.29 is 23.8 Å². The zero-order valence-electron chi connectivity index (χ0n) is 16.6. The lowest BCUT2D eigenvalue weighted by molar-refractivity contribution is -0.148. The summed E-state index contributed by atoms with van der Waals surface area (Å²) in [4.78, 5) is 28.0. The second kappa shape index (κ2) is 10.5. The molecule has 0 atom stereocenters. The number of esters is 1. The van der Waals surface area contributed by atoms with Gasteiger partial charge >= 0.3 is 5.97 Å². The predicted molar refractivity (Wildman–Crippen MR) is 110 cm³/mol. The van der Waals surface area contributed by atoms with Crippen molar-refractivity contribution in [1.82, 2.24) is 4.90 Å². The van der Waals surface area contributed by atoms with Crippen LogP contribution >= 0.6 is 11.3 Å². The number of benzene rings is 1. The van der Waals surface area contributed by atoms with Crippen molar-refractivity contribution >= 4 is 29.3 Å². The van der Waals surface area contributed by atoms with Gasteiger partial charge in [0.15, 0.2) is 18.1 Å². The normalized spacial score (nSPS) is 10.7. The Hall–Kier alpha value is -2.80. The molecule has 0 N–H and O–H groups in total. The third-order valence-corrected chi connectivity index (χ3v) is 5.00. The molecule has 0 aliphatic rings. The van der Waals surface area contributed by atoms with Gasteiger partial charge in [0.2, 0.25) is 0 Å². The predicted octanol–water partition coefficient (Wildman–Crippen LogP) is 3.68. The van der Waals surface area contributed by atoms with E-state index in [1.807, 2.05) is 38.1 Å². The molecule has 28 heavy (non-hydrogen) atoms. The van der Waals surface area contributed by atoms with Crippen LogP contribution in [0.1, 0.15) is 22.2 Å². The van der Waals surface area contributed by atoms with Crippen LogP contribution < -0.4 is 9.47 Å². The lowest BCUT2D eigenvalue weighted by Crippen LogP contribution is -2.34. The monoisotopic (exact) mass is 403 g/mol. The first kappa shape index (κ1) is 21.5. The van der Waals surface area contributed by atoms with Gasteiger partial charge in [-0.2, -0.15) is 0 Å². The van der Waals surface area contributed by atoms with E-state index in [2.05, 4.69) is 0 Å². The highest BCUT2D eigenvalue weighted by molar-refractivity contribution is 7.12. The number of nitrogens with zero attached hydrogens (tertiary/aromatic N) is 1. The Morgan fingerprint density at radius 3 is 2.46 bits per heavy atom. The van der Waals surface area contributed by atoms with E-state index in [1.165, 1.54) is 6.08 Å². The number of hydrogen-bond donors (Lipinski definition) is 0. The summed E-state index contributed by atoms with van der Waals surface area (Å²) in [6.45, 7) is 4.45. The van der Waals surface area contributed by atoms with E-state index in [0.29, 0.717) is 24.6 Å². The molecule has 0 radical (unpaired) electrons. The average Bonchev–Trinajstić information content (AvgIpc) is 3.13. The SMILES string of the molecule is CCN(Cc1ccc(OC)c(OC)c1)C(=O)COC(=O)/C=C/c1ccc(C)s1. The molecule has 1 amide bonds. The molecule has 6 nitrogen and oxygen atoms in total. The Labute approximate surface area is 169 Å². The number of thiophene rings is 1. The first-order chi connectivity index (χ1) is 13.5. The summed E-state index contributed by atoms with van der Waals surface area (Å²) < 4.78 is 15.6. The van der Waals surface area contributed by atoms with Crippen LogP contribution in [0.25, 0.3) is 6.08 Å². The van der Waals surface area contributed by atoms with Crippen LogP contribution in [0.15, 0.2) is 36.4 Å². The van der Waals surface area contributed by atoms with Crippen LogP contribution in [0, 0.1) is 6.92 Å². The van der Waals surface area contributed by atoms with E-state index in [1.54, 1.807) is 42.6 Å². The number of amides is 1. The van der Waals surface area contributed by atoms with Gasteiger partial charge in [0, 0.05) is 28.9 Å². The Morgan fingerprint density at radius 2 is 1.86 bits per heavy atom. The van der Waals surface area contributed by atoms with Gasteiger partial charge in [-0.25, -0.2) is 4.79 Å². The van der Waals surface area contributed by atoms with E-state index in [-0.39, 0.29) is 12.5 Å². The summed E-state index contributed by atoms with van der Waals surface area (Å²) in [7, 11) is 3.14. The van der Waals surface area contributed by atoms with E-state index in [0.717, 1.165) is 15.3 Å². The number of aryl methyl sites for hydroxylation is 1. The number of likely N-dealkylation sites (N-methyl/N-ethyl adjacent to an activating group) is 1. The molecule has 0 fully saturated rings. The molecular weight excluding hydrogens is 378 g/mol. The molecule has 2 rings (SSSR count). The molecule has 1 heterocycles. The number of rotatable bonds is 9. The van der Waals surface area contributed by atoms with Crippen molar-refractivity contribution in [3.63, 3.8) is 0 Å². The molecule has 7 heteroatoms. The number of carbonyl (C=O) groups is 2. The zero-order valence-corrected chi connectivity index (χ0v) is 17.4. The van der Waals surface area contributed by atoms with Gasteiger partial charge in [-0.05, 0) is 49.8 Å². The molecule has 2 aromatic rings. The minimum Gasteiger partial charge on any atom is -0.493 e. The Morgan fingerprint density at radius 1 is 1.11 bits per heavy atom. The van der Waals surface area contributed by atoms with Crippen molar-refractivity contribution in [2.75, 3.05) is 27.4 Å². The molecular formula is C21H25NO5S. The Balaban J connectivity index is 1.90. The number of carbonyl (C=O) groups excluding carboxylic acids is 2. The lowest BCUT2D eigenvalue weighted by atomic mass is 10.2. The molecule has 1 aromatic carbocycles. The summed E-state index contributed by atoms with van der Waals surface area (Å²) in [5, 5.41) is 0. The first-order valence-corrected chi connectivity index (χ1v) is 9.68. The largest absolute Gasteiger partial charge is 0.493 e. The summed E-state index contributed by atoms with van der Waals surface area (Å²) in [5.74, 6) is 0.429. The van der Waals surface area contributed by atoms with Crippen molar-refractivity contribution in [3.8, 4) is 11.5 Å². The number of hydrogen-bond acceptors (Lipinski definition) is 6. The average molecular weight is 404 g/mol. The van der Waals surface area contributed by atoms with Gasteiger partial charge in [-0.3, -0.25) is 4.79 Å². The van der Waals surface area contributed by atoms with Crippen molar-refractivity contribution in [1.29, 1.82) is 0 Å². The van der Waals surface area contributed by atoms with Crippen LogP contribution in [0.2, 0.25) is 0 Å². The third-order valence-electron chi connectivity index (χ3n) is 4.04. The fourth-order valence-electron chi connectivity index (χ4n) is 2.54. The minimum absolute atomic E-state index is 0.258. The Bertz CT molecular complexity index is 843. The number of ether oxygens (including phenoxy) is 3. The quantitative estimate of drug-likeness (QED) is 0.472. The fourth-order valence-corrected chi connectivity index (χ4v) is 3.32. The van der Waals surface area contributed by atoms with Crippen LogP contribution in [0.3, 0.4) is 0 Å². The first-order valence-electron chi connectivity index (χ1n) is 8.86. The van der Waals surface area contributed by atoms with E-state index in [9.17, 15) is 9.59 Å². The molecule has 1 aromatic heterocycles. The van der Waals surface area contributed by atoms with Crippen LogP contribution in [0.4, 0.5) is 0 Å². The highest BCUT2D eigenvalue weighted by atomic mass is 32.1. The third kappa shape index (κ3) is 6.13. The second-order valence-electron chi connectivity index (χ2n) is 5.99. The van der Waals surface area contributed by atoms with Gasteiger partial charge in [-0.15, -0.1) is 11.3 Å². The molecule has 0 aliphatic carbocycles. The maximum Gasteiger partial charge on any atom is 0.331 e. The molecule has 0 saturated carbocycles. The van der Waals surface area contributed by atoms with Gasteiger partial charge in [-0.1, -0.05) is 6.07 Å². The van der Waals surface area contributed by atoms with E-state index >= 15 is 0 Å². The van der Waals surface area contributed by atoms with Gasteiger partial charge in [0.25, 0.3) is 5.91 Å². The fraction of sp³-hybridized carbons (Fsp3) is 0.333. The molecule has 150 valence electrons. The van der Waals surface area contributed by atoms with Crippen molar-refractivity contribution in [2.45, 2.75) is 20.4 Å². The molecule has 0 saturated heterocycles. The van der Waals surface area contributed by atoms with Crippen LogP contribution in [-0.4, -0.2) is 44.1 Å². The summed E-state index contributed by atoms with van der Waals surface area (Å²) in [6, 6.07) is 9.40. The van der Waals surface area contributed by atoms with Gasteiger partial charge in [0.05, 0.1) is 14.2 Å². The van der Waals surface area contributed by atoms with Crippen LogP contribution in [0.5, 0.6) is 11.5 Å². The smallest absolute Gasteiger partial charge is 0.331 e. The standard InChI is InChI=1S/C21H25NO5S/c1-5-22(13-16-7-10-18(25-3)19(12-16)26-4)20(23)14-27-21(24)11-9-17-8-6-15(2)28-17/h6-12H,5,13-14H2,1-4H3/b11-9+. The maximum absolute atomic E-state index is 12.4. The number of methoxy groups -OCH3 is 2. The molecule has 0 bridgehead atoms. The summed E-state index contributed by atoms with van der Waals surface area (Å²) in [5.41, 5.74) is 0.895. The van der Waals surface area contributed by atoms with E-state index in [4.69, 9.17) is 14.2 Å². The van der Waals surface area contributed by atoms with E-state index < -0.39 is 5.97 Å². The summed E-state index contributed by atoms with van der Waals surface area (Å²) in [6.07, 6.45) is 3.02. The summed E-state index contributed by atoms with van der Waals surface area (Å²) >= 11 is 1.58. The van der Waals surface area contributed by atoms with Crippen LogP contribution in [-0.2, 0) is 20.9 Å². The molecule has 0 unspecified atom stereocenters. The zero-order chi connectivity index (χ0) is 20.5. The molecule has 0 spiro atoms. The molecule has 0 aliphatic heterocycles. The van der Waals surface area contributed by atoms with Gasteiger partial charge in [0.1, 0.15) is 0 Å².